The van der Waals surface area contributed by atoms with E-state index >= 15 is 0 Å². The molecular weight excluding hydrogens is 561 g/mol. The molecular formula is C26H30FN5O6S2. The van der Waals surface area contributed by atoms with Gasteiger partial charge in [-0.1, -0.05) is 39.0 Å². The summed E-state index contributed by atoms with van der Waals surface area (Å²) in [5.41, 5.74) is 0.742. The van der Waals surface area contributed by atoms with Gasteiger partial charge in [0.1, 0.15) is 15.7 Å². The van der Waals surface area contributed by atoms with Gasteiger partial charge in [0.2, 0.25) is 0 Å². The van der Waals surface area contributed by atoms with Gasteiger partial charge in [-0.15, -0.1) is 11.3 Å². The van der Waals surface area contributed by atoms with Crippen LogP contribution in [0.3, 0.4) is 0 Å². The van der Waals surface area contributed by atoms with E-state index in [1.54, 1.807) is 24.6 Å². The van der Waals surface area contributed by atoms with Gasteiger partial charge in [-0.3, -0.25) is 19.1 Å². The Bertz CT molecular complexity index is 1510. The molecule has 0 radical (unpaired) electrons. The second-order valence-electron chi connectivity index (χ2n) is 10.4. The van der Waals surface area contributed by atoms with Gasteiger partial charge in [-0.05, 0) is 35.2 Å². The lowest BCUT2D eigenvalue weighted by Gasteiger charge is -2.30. The van der Waals surface area contributed by atoms with Crippen molar-refractivity contribution in [3.05, 3.63) is 70.6 Å². The van der Waals surface area contributed by atoms with Crippen molar-refractivity contribution in [2.24, 2.45) is 7.05 Å². The van der Waals surface area contributed by atoms with Crippen LogP contribution in [0, 0.1) is 5.82 Å². The van der Waals surface area contributed by atoms with Crippen LogP contribution >= 0.6 is 11.3 Å². The van der Waals surface area contributed by atoms with E-state index in [0.717, 1.165) is 32.7 Å². The number of benzene rings is 1. The second kappa shape index (κ2) is 11.1. The third-order valence-electron chi connectivity index (χ3n) is 6.52. The number of halogens is 1. The highest BCUT2D eigenvalue weighted by Crippen LogP contribution is 2.30. The van der Waals surface area contributed by atoms with Crippen LogP contribution in [-0.2, 0) is 32.1 Å². The first kappa shape index (κ1) is 29.4. The Kier molecular flexibility index (Phi) is 8.15. The van der Waals surface area contributed by atoms with E-state index in [4.69, 9.17) is 0 Å². The van der Waals surface area contributed by atoms with Gasteiger partial charge >= 0.3 is 5.97 Å². The molecule has 1 aliphatic rings. The number of sulfonamides is 1. The van der Waals surface area contributed by atoms with Gasteiger partial charge < -0.3 is 15.3 Å². The maximum absolute atomic E-state index is 13.8. The number of carboxylic acid groups (broad SMARTS) is 1. The number of carboxylic acids is 1. The van der Waals surface area contributed by atoms with Crippen molar-refractivity contribution in [3.8, 4) is 0 Å². The van der Waals surface area contributed by atoms with Crippen molar-refractivity contribution >= 4 is 39.1 Å². The molecule has 1 saturated heterocycles. The first-order valence-corrected chi connectivity index (χ1v) is 14.7. The maximum Gasteiger partial charge on any atom is 0.305 e. The Morgan fingerprint density at radius 3 is 2.40 bits per heavy atom. The summed E-state index contributed by atoms with van der Waals surface area (Å²) in [6, 6.07) is 8.40. The summed E-state index contributed by atoms with van der Waals surface area (Å²) in [6.07, 6.45) is -2.16. The number of rotatable bonds is 8. The van der Waals surface area contributed by atoms with E-state index in [1.807, 2.05) is 20.8 Å². The fourth-order valence-electron chi connectivity index (χ4n) is 4.42. The predicted molar refractivity (Wildman–Crippen MR) is 144 cm³/mol. The van der Waals surface area contributed by atoms with Crippen molar-refractivity contribution in [2.75, 3.05) is 13.1 Å². The number of aryl methyl sites for hydroxylation is 1. The van der Waals surface area contributed by atoms with Gasteiger partial charge in [0.05, 0.1) is 18.2 Å². The Morgan fingerprint density at radius 1 is 1.18 bits per heavy atom. The lowest BCUT2D eigenvalue weighted by atomic mass is 9.92. The quantitative estimate of drug-likeness (QED) is 0.410. The molecule has 14 heteroatoms. The fourth-order valence-corrected chi connectivity index (χ4v) is 7.08. The van der Waals surface area contributed by atoms with Crippen LogP contribution in [0.2, 0.25) is 0 Å². The molecule has 2 N–H and O–H groups in total. The van der Waals surface area contributed by atoms with E-state index in [2.05, 4.69) is 10.4 Å². The van der Waals surface area contributed by atoms with E-state index in [1.165, 1.54) is 22.9 Å². The molecule has 2 unspecified atom stereocenters. The molecule has 2 aromatic heterocycles. The van der Waals surface area contributed by atoms with E-state index < -0.39 is 52.3 Å². The molecule has 0 saturated carbocycles. The SMILES string of the molecule is Cn1nc(C(C)(C)C)cc1C(=O)N1CCN(S(=O)(=O)c2cccs2)C1C(=O)NC(CC(=O)O)c1ccc(F)cc1. The highest BCUT2D eigenvalue weighted by molar-refractivity contribution is 7.91. The standard InChI is InChI=1S/C26H30FN5O6S2/c1-26(2,3)20-15-19(30(4)29-20)25(36)31-11-12-32(40(37,38)22-6-5-13-39-22)24(31)23(35)28-18(14-21(33)34)16-7-9-17(27)10-8-16/h5-10,13,15,18,24H,11-12,14H2,1-4H3,(H,28,35)(H,33,34). The normalized spacial score (nSPS) is 17.1. The lowest BCUT2D eigenvalue weighted by Crippen LogP contribution is -2.54. The van der Waals surface area contributed by atoms with Gasteiger partial charge in [-0.25, -0.2) is 12.8 Å². The zero-order chi connectivity index (χ0) is 29.4. The van der Waals surface area contributed by atoms with Crippen LogP contribution in [0.15, 0.2) is 52.1 Å². The number of amides is 2. The predicted octanol–water partition coefficient (Wildman–Crippen LogP) is 2.72. The van der Waals surface area contributed by atoms with Crippen LogP contribution in [0.1, 0.15) is 55.0 Å². The zero-order valence-electron chi connectivity index (χ0n) is 22.4. The number of thiophene rings is 1. The molecule has 4 rings (SSSR count). The third kappa shape index (κ3) is 5.93. The van der Waals surface area contributed by atoms with E-state index in [0.29, 0.717) is 11.3 Å². The van der Waals surface area contributed by atoms with E-state index in [9.17, 15) is 32.3 Å². The molecule has 3 aromatic rings. The highest BCUT2D eigenvalue weighted by Gasteiger charge is 2.48. The molecule has 2 atom stereocenters. The number of aliphatic carboxylic acids is 1. The topological polar surface area (TPSA) is 142 Å². The van der Waals surface area contributed by atoms with Gasteiger partial charge in [0.15, 0.2) is 6.17 Å². The van der Waals surface area contributed by atoms with Crippen molar-refractivity contribution in [1.82, 2.24) is 24.3 Å². The maximum atomic E-state index is 13.8. The molecule has 40 heavy (non-hydrogen) atoms. The van der Waals surface area contributed by atoms with Crippen LogP contribution in [0.25, 0.3) is 0 Å². The Morgan fingerprint density at radius 2 is 1.85 bits per heavy atom. The minimum Gasteiger partial charge on any atom is -0.481 e. The fraction of sp³-hybridized carbons (Fsp3) is 0.385. The van der Waals surface area contributed by atoms with E-state index in [-0.39, 0.29) is 28.4 Å². The third-order valence-corrected chi connectivity index (χ3v) is 9.74. The number of hydrogen-bond donors (Lipinski definition) is 2. The average Bonchev–Trinajstić information content (AvgIpc) is 3.63. The molecule has 2 amide bonds. The molecule has 0 spiro atoms. The Labute approximate surface area is 235 Å². The van der Waals surface area contributed by atoms with Crippen LogP contribution < -0.4 is 5.32 Å². The number of hydrogen-bond acceptors (Lipinski definition) is 7. The zero-order valence-corrected chi connectivity index (χ0v) is 24.0. The minimum atomic E-state index is -4.19. The molecule has 1 aromatic carbocycles. The minimum absolute atomic E-state index is 0.00392. The summed E-state index contributed by atoms with van der Waals surface area (Å²) in [4.78, 5) is 40.3. The molecule has 1 fully saturated rings. The van der Waals surface area contributed by atoms with Crippen molar-refractivity contribution in [3.63, 3.8) is 0 Å². The summed E-state index contributed by atoms with van der Waals surface area (Å²) in [6.45, 7) is 5.56. The summed E-state index contributed by atoms with van der Waals surface area (Å²) < 4.78 is 43.0. The summed E-state index contributed by atoms with van der Waals surface area (Å²) >= 11 is 0.973. The smallest absolute Gasteiger partial charge is 0.305 e. The first-order chi connectivity index (χ1) is 18.7. The number of carbonyl (C=O) groups is 3. The second-order valence-corrected chi connectivity index (χ2v) is 13.5. The van der Waals surface area contributed by atoms with Gasteiger partial charge in [-0.2, -0.15) is 9.40 Å². The Balaban J connectivity index is 1.73. The molecule has 1 aliphatic heterocycles. The van der Waals surface area contributed by atoms with Crippen molar-refractivity contribution < 1.29 is 32.3 Å². The highest BCUT2D eigenvalue weighted by atomic mass is 32.2. The summed E-state index contributed by atoms with van der Waals surface area (Å²) in [5, 5.41) is 18.1. The number of aromatic nitrogens is 2. The summed E-state index contributed by atoms with van der Waals surface area (Å²) in [7, 11) is -2.60. The first-order valence-electron chi connectivity index (χ1n) is 12.4. The molecule has 214 valence electrons. The monoisotopic (exact) mass is 591 g/mol. The molecule has 3 heterocycles. The van der Waals surface area contributed by atoms with Crippen LogP contribution in [0.4, 0.5) is 4.39 Å². The largest absolute Gasteiger partial charge is 0.481 e. The molecule has 11 nitrogen and oxygen atoms in total. The lowest BCUT2D eigenvalue weighted by molar-refractivity contribution is -0.138. The Hall–Kier alpha value is -3.62. The number of carbonyl (C=O) groups excluding carboxylic acids is 2. The van der Waals surface area contributed by atoms with Gasteiger partial charge in [0, 0.05) is 25.6 Å². The van der Waals surface area contributed by atoms with Crippen LogP contribution in [0.5, 0.6) is 0 Å². The summed E-state index contributed by atoms with van der Waals surface area (Å²) in [5.74, 6) is -3.27. The number of nitrogens with zero attached hydrogens (tertiary/aromatic N) is 4. The van der Waals surface area contributed by atoms with Crippen LogP contribution in [-0.4, -0.2) is 69.5 Å². The average molecular weight is 592 g/mol. The molecule has 0 aliphatic carbocycles. The number of nitrogens with one attached hydrogen (secondary N) is 1. The van der Waals surface area contributed by atoms with Gasteiger partial charge in [0.25, 0.3) is 21.8 Å². The molecule has 0 bridgehead atoms. The van der Waals surface area contributed by atoms with Crippen molar-refractivity contribution in [1.29, 1.82) is 0 Å². The van der Waals surface area contributed by atoms with Crippen molar-refractivity contribution in [2.45, 2.75) is 49.0 Å².